The summed E-state index contributed by atoms with van der Waals surface area (Å²) in [5, 5.41) is 11.8. The number of carbonyl (C=O) groups is 1. The Kier molecular flexibility index (Phi) is 5.88. The first-order chi connectivity index (χ1) is 12.9. The highest BCUT2D eigenvalue weighted by molar-refractivity contribution is 7.97. The number of anilines is 1. The van der Waals surface area contributed by atoms with E-state index in [1.54, 1.807) is 18.0 Å². The van der Waals surface area contributed by atoms with Crippen LogP contribution < -0.4 is 10.0 Å². The molecule has 0 aliphatic carbocycles. The normalized spacial score (nSPS) is 16.5. The third-order valence-corrected chi connectivity index (χ3v) is 5.66. The van der Waals surface area contributed by atoms with Gasteiger partial charge in [0.2, 0.25) is 0 Å². The molecule has 1 aromatic heterocycles. The van der Waals surface area contributed by atoms with E-state index in [-0.39, 0.29) is 11.5 Å². The third-order valence-electron chi connectivity index (χ3n) is 4.64. The molecule has 1 aromatic carbocycles. The molecule has 142 valence electrons. The van der Waals surface area contributed by atoms with Crippen LogP contribution in [0.15, 0.2) is 29.3 Å². The predicted molar refractivity (Wildman–Crippen MR) is 105 cm³/mol. The highest BCUT2D eigenvalue weighted by Crippen LogP contribution is 2.32. The van der Waals surface area contributed by atoms with Gasteiger partial charge in [0, 0.05) is 29.9 Å². The average molecular weight is 386 g/mol. The Hall–Kier alpha value is -2.30. The first kappa shape index (κ1) is 19.5. The van der Waals surface area contributed by atoms with Crippen molar-refractivity contribution in [2.24, 2.45) is 13.0 Å². The molecule has 0 spiro atoms. The summed E-state index contributed by atoms with van der Waals surface area (Å²) in [5.41, 5.74) is 1.95. The summed E-state index contributed by atoms with van der Waals surface area (Å²) in [7, 11) is 1.85. The van der Waals surface area contributed by atoms with Crippen LogP contribution in [0.2, 0.25) is 0 Å². The SMILES string of the molecule is CC(C)CC1CCc2c(cn(C)c2C(=O)Nc2ccc(F)c(C#N)c2)SN1. The molecular formula is C20H23FN4OS. The summed E-state index contributed by atoms with van der Waals surface area (Å²) in [6, 6.07) is 6.21. The zero-order chi connectivity index (χ0) is 19.6. The number of aryl methyl sites for hydroxylation is 1. The van der Waals surface area contributed by atoms with Gasteiger partial charge in [0.05, 0.1) is 5.56 Å². The van der Waals surface area contributed by atoms with E-state index in [2.05, 4.69) is 23.9 Å². The monoisotopic (exact) mass is 386 g/mol. The smallest absolute Gasteiger partial charge is 0.272 e. The van der Waals surface area contributed by atoms with E-state index < -0.39 is 5.82 Å². The number of carbonyl (C=O) groups excluding carboxylic acids is 1. The topological polar surface area (TPSA) is 69.8 Å². The van der Waals surface area contributed by atoms with E-state index in [9.17, 15) is 9.18 Å². The van der Waals surface area contributed by atoms with Crippen LogP contribution in [-0.2, 0) is 13.5 Å². The Morgan fingerprint density at radius 1 is 1.52 bits per heavy atom. The van der Waals surface area contributed by atoms with Crippen LogP contribution in [0.25, 0.3) is 0 Å². The van der Waals surface area contributed by atoms with E-state index in [1.807, 2.05) is 17.8 Å². The zero-order valence-corrected chi connectivity index (χ0v) is 16.5. The molecule has 2 N–H and O–H groups in total. The van der Waals surface area contributed by atoms with Gasteiger partial charge in [0.15, 0.2) is 0 Å². The van der Waals surface area contributed by atoms with Crippen molar-refractivity contribution in [1.29, 1.82) is 5.26 Å². The van der Waals surface area contributed by atoms with Gasteiger partial charge in [-0.25, -0.2) is 4.39 Å². The minimum atomic E-state index is -0.595. The minimum absolute atomic E-state index is 0.0882. The lowest BCUT2D eigenvalue weighted by Gasteiger charge is -2.17. The lowest BCUT2D eigenvalue weighted by atomic mass is 9.98. The lowest BCUT2D eigenvalue weighted by Crippen LogP contribution is -2.24. The maximum absolute atomic E-state index is 13.5. The van der Waals surface area contributed by atoms with Crippen molar-refractivity contribution in [3.8, 4) is 6.07 Å². The number of nitriles is 1. The van der Waals surface area contributed by atoms with Gasteiger partial charge in [-0.2, -0.15) is 5.26 Å². The molecule has 0 radical (unpaired) electrons. The molecule has 1 aliphatic heterocycles. The van der Waals surface area contributed by atoms with Gasteiger partial charge in [-0.3, -0.25) is 9.52 Å². The highest BCUT2D eigenvalue weighted by Gasteiger charge is 2.25. The van der Waals surface area contributed by atoms with Gasteiger partial charge in [-0.1, -0.05) is 13.8 Å². The predicted octanol–water partition coefficient (Wildman–Crippen LogP) is 4.25. The molecule has 5 nitrogen and oxygen atoms in total. The first-order valence-corrected chi connectivity index (χ1v) is 9.82. The van der Waals surface area contributed by atoms with E-state index in [1.165, 1.54) is 18.2 Å². The second-order valence-electron chi connectivity index (χ2n) is 7.28. The maximum Gasteiger partial charge on any atom is 0.272 e. The standard InChI is InChI=1S/C20H23FN4OS/c1-12(2)8-15-4-6-16-18(27-24-15)11-25(3)19(16)20(26)23-14-5-7-17(21)13(9-14)10-22/h5,7,9,11-12,15,24H,4,6,8H2,1-3H3,(H,23,26). The Morgan fingerprint density at radius 2 is 2.30 bits per heavy atom. The molecule has 0 bridgehead atoms. The van der Waals surface area contributed by atoms with Crippen LogP contribution in [0.4, 0.5) is 10.1 Å². The molecule has 3 rings (SSSR count). The second kappa shape index (κ2) is 8.15. The fourth-order valence-corrected chi connectivity index (χ4v) is 4.45. The van der Waals surface area contributed by atoms with Crippen LogP contribution in [0.1, 0.15) is 48.3 Å². The van der Waals surface area contributed by atoms with E-state index in [4.69, 9.17) is 5.26 Å². The van der Waals surface area contributed by atoms with Crippen molar-refractivity contribution >= 4 is 23.5 Å². The van der Waals surface area contributed by atoms with Crippen LogP contribution in [0, 0.1) is 23.1 Å². The molecular weight excluding hydrogens is 363 g/mol. The van der Waals surface area contributed by atoms with Crippen molar-refractivity contribution in [2.45, 2.75) is 44.0 Å². The summed E-state index contributed by atoms with van der Waals surface area (Å²) in [4.78, 5) is 13.9. The van der Waals surface area contributed by atoms with Gasteiger partial charge in [0.25, 0.3) is 5.91 Å². The molecule has 0 saturated heterocycles. The van der Waals surface area contributed by atoms with Crippen molar-refractivity contribution in [3.05, 3.63) is 47.0 Å². The fourth-order valence-electron chi connectivity index (χ4n) is 3.41. The maximum atomic E-state index is 13.5. The summed E-state index contributed by atoms with van der Waals surface area (Å²) < 4.78 is 18.8. The number of amides is 1. The molecule has 27 heavy (non-hydrogen) atoms. The van der Waals surface area contributed by atoms with Crippen LogP contribution in [0.3, 0.4) is 0 Å². The molecule has 0 saturated carbocycles. The number of nitrogens with zero attached hydrogens (tertiary/aromatic N) is 2. The number of nitrogens with one attached hydrogen (secondary N) is 2. The molecule has 1 aliphatic rings. The van der Waals surface area contributed by atoms with E-state index in [0.29, 0.717) is 23.3 Å². The first-order valence-electron chi connectivity index (χ1n) is 9.00. The van der Waals surface area contributed by atoms with Gasteiger partial charge in [-0.05, 0) is 60.9 Å². The zero-order valence-electron chi connectivity index (χ0n) is 15.7. The molecule has 2 aromatic rings. The van der Waals surface area contributed by atoms with Crippen LogP contribution >= 0.6 is 11.9 Å². The number of hydrogen-bond donors (Lipinski definition) is 2. The Morgan fingerprint density at radius 3 is 3.00 bits per heavy atom. The highest BCUT2D eigenvalue weighted by atomic mass is 32.2. The van der Waals surface area contributed by atoms with Gasteiger partial charge < -0.3 is 9.88 Å². The van der Waals surface area contributed by atoms with Crippen molar-refractivity contribution in [1.82, 2.24) is 9.29 Å². The van der Waals surface area contributed by atoms with Gasteiger partial charge in [0.1, 0.15) is 17.6 Å². The fraction of sp³-hybridized carbons (Fsp3) is 0.400. The van der Waals surface area contributed by atoms with Crippen LogP contribution in [-0.4, -0.2) is 16.5 Å². The quantitative estimate of drug-likeness (QED) is 0.771. The summed E-state index contributed by atoms with van der Waals surface area (Å²) in [6.45, 7) is 4.42. The molecule has 0 fully saturated rings. The number of rotatable bonds is 4. The molecule has 2 heterocycles. The summed E-state index contributed by atoms with van der Waals surface area (Å²) in [5.74, 6) is -0.235. The van der Waals surface area contributed by atoms with Crippen molar-refractivity contribution < 1.29 is 9.18 Å². The molecule has 1 unspecified atom stereocenters. The van der Waals surface area contributed by atoms with E-state index in [0.717, 1.165) is 29.7 Å². The van der Waals surface area contributed by atoms with Gasteiger partial charge in [-0.15, -0.1) is 0 Å². The summed E-state index contributed by atoms with van der Waals surface area (Å²) >= 11 is 1.58. The molecule has 1 atom stereocenters. The number of benzene rings is 1. The van der Waals surface area contributed by atoms with Gasteiger partial charge >= 0.3 is 0 Å². The number of hydrogen-bond acceptors (Lipinski definition) is 4. The Balaban J connectivity index is 1.81. The summed E-state index contributed by atoms with van der Waals surface area (Å²) in [6.07, 6.45) is 4.85. The number of halogens is 1. The number of aromatic nitrogens is 1. The molecule has 1 amide bonds. The third kappa shape index (κ3) is 4.34. The Bertz CT molecular complexity index is 900. The Labute approximate surface area is 163 Å². The van der Waals surface area contributed by atoms with Crippen molar-refractivity contribution in [3.63, 3.8) is 0 Å². The second-order valence-corrected chi connectivity index (χ2v) is 8.16. The largest absolute Gasteiger partial charge is 0.345 e. The lowest BCUT2D eigenvalue weighted by molar-refractivity contribution is 0.101. The average Bonchev–Trinajstić information content (AvgIpc) is 2.82. The van der Waals surface area contributed by atoms with Crippen molar-refractivity contribution in [2.75, 3.05) is 5.32 Å². The number of fused-ring (bicyclic) bond motifs is 1. The van der Waals surface area contributed by atoms with Crippen LogP contribution in [0.5, 0.6) is 0 Å². The molecule has 7 heteroatoms. The minimum Gasteiger partial charge on any atom is -0.345 e. The van der Waals surface area contributed by atoms with E-state index >= 15 is 0 Å².